The number of hydrogen-bond donors (Lipinski definition) is 1. The normalized spacial score (nSPS) is 23.1. The molecule has 1 aliphatic rings. The lowest BCUT2D eigenvalue weighted by Gasteiger charge is -2.31. The molecule has 2 unspecified atom stereocenters. The molecular weight excluding hydrogens is 322 g/mol. The minimum absolute atomic E-state index is 0.0600. The second-order valence-corrected chi connectivity index (χ2v) is 7.09. The van der Waals surface area contributed by atoms with Crippen LogP contribution in [-0.2, 0) is 0 Å². The first-order valence-electron chi connectivity index (χ1n) is 6.71. The van der Waals surface area contributed by atoms with Crippen molar-refractivity contribution in [3.63, 3.8) is 0 Å². The Morgan fingerprint density at radius 3 is 2.84 bits per heavy atom. The molecule has 0 bridgehead atoms. The van der Waals surface area contributed by atoms with Crippen LogP contribution in [0.4, 0.5) is 0 Å². The molecule has 2 atom stereocenters. The number of thioether (sulfide) groups is 1. The quantitative estimate of drug-likeness (QED) is 0.894. The third kappa shape index (κ3) is 3.76. The van der Waals surface area contributed by atoms with Crippen LogP contribution in [-0.4, -0.2) is 23.5 Å². The van der Waals surface area contributed by atoms with Crippen LogP contribution < -0.4 is 5.32 Å². The molecule has 1 aromatic rings. The Balaban J connectivity index is 2.09. The molecule has 1 amide bonds. The zero-order chi connectivity index (χ0) is 13.8. The first kappa shape index (κ1) is 14.9. The summed E-state index contributed by atoms with van der Waals surface area (Å²) in [6.07, 6.45) is 6.96. The fourth-order valence-corrected chi connectivity index (χ4v) is 3.93. The van der Waals surface area contributed by atoms with Crippen molar-refractivity contribution in [2.75, 3.05) is 6.26 Å². The third-order valence-electron chi connectivity index (χ3n) is 3.77. The van der Waals surface area contributed by atoms with E-state index in [1.165, 1.54) is 19.3 Å². The molecule has 1 fully saturated rings. The number of amides is 1. The summed E-state index contributed by atoms with van der Waals surface area (Å²) in [6.45, 7) is 1.98. The van der Waals surface area contributed by atoms with Gasteiger partial charge in [0, 0.05) is 21.3 Å². The Hall–Kier alpha value is -0.480. The van der Waals surface area contributed by atoms with Gasteiger partial charge in [0.15, 0.2) is 0 Å². The highest BCUT2D eigenvalue weighted by Crippen LogP contribution is 2.27. The maximum absolute atomic E-state index is 12.4. The number of aryl methyl sites for hydroxylation is 1. The second kappa shape index (κ2) is 6.80. The molecule has 2 rings (SSSR count). The maximum Gasteiger partial charge on any atom is 0.251 e. The first-order chi connectivity index (χ1) is 9.11. The molecule has 1 N–H and O–H groups in total. The smallest absolute Gasteiger partial charge is 0.251 e. The molecule has 104 valence electrons. The van der Waals surface area contributed by atoms with Crippen LogP contribution in [0.1, 0.15) is 41.6 Å². The van der Waals surface area contributed by atoms with E-state index in [-0.39, 0.29) is 5.91 Å². The number of hydrogen-bond acceptors (Lipinski definition) is 2. The van der Waals surface area contributed by atoms with Crippen LogP contribution in [0, 0.1) is 6.92 Å². The van der Waals surface area contributed by atoms with Gasteiger partial charge in [0.1, 0.15) is 0 Å². The number of nitrogens with one attached hydrogen (secondary N) is 1. The molecule has 0 saturated heterocycles. The van der Waals surface area contributed by atoms with Crippen molar-refractivity contribution in [2.45, 2.75) is 43.9 Å². The van der Waals surface area contributed by atoms with Gasteiger partial charge in [0.25, 0.3) is 5.91 Å². The van der Waals surface area contributed by atoms with E-state index in [9.17, 15) is 4.79 Å². The number of rotatable bonds is 3. The van der Waals surface area contributed by atoms with Gasteiger partial charge in [-0.2, -0.15) is 11.8 Å². The predicted octanol–water partition coefficient (Wildman–Crippen LogP) is 4.16. The molecule has 1 aromatic carbocycles. The second-order valence-electron chi connectivity index (χ2n) is 5.10. The Labute approximate surface area is 127 Å². The van der Waals surface area contributed by atoms with Gasteiger partial charge in [0.05, 0.1) is 0 Å². The third-order valence-corrected chi connectivity index (χ3v) is 5.43. The van der Waals surface area contributed by atoms with E-state index in [0.717, 1.165) is 22.0 Å². The predicted molar refractivity (Wildman–Crippen MR) is 85.9 cm³/mol. The minimum atomic E-state index is 0.0600. The zero-order valence-corrected chi connectivity index (χ0v) is 13.8. The molecule has 2 nitrogen and oxygen atoms in total. The van der Waals surface area contributed by atoms with E-state index in [2.05, 4.69) is 27.5 Å². The average molecular weight is 342 g/mol. The number of carbonyl (C=O) groups is 1. The van der Waals surface area contributed by atoms with Crippen molar-refractivity contribution in [3.8, 4) is 0 Å². The number of benzene rings is 1. The van der Waals surface area contributed by atoms with Gasteiger partial charge < -0.3 is 5.32 Å². The number of carbonyl (C=O) groups excluding carboxylic acids is 1. The summed E-state index contributed by atoms with van der Waals surface area (Å²) < 4.78 is 0.952. The van der Waals surface area contributed by atoms with Gasteiger partial charge in [-0.05, 0) is 43.7 Å². The Morgan fingerprint density at radius 2 is 2.11 bits per heavy atom. The van der Waals surface area contributed by atoms with Crippen LogP contribution in [0.25, 0.3) is 0 Å². The highest BCUT2D eigenvalue weighted by Gasteiger charge is 2.26. The van der Waals surface area contributed by atoms with E-state index in [1.54, 1.807) is 0 Å². The van der Waals surface area contributed by atoms with E-state index in [1.807, 2.05) is 36.9 Å². The Morgan fingerprint density at radius 1 is 1.37 bits per heavy atom. The van der Waals surface area contributed by atoms with Gasteiger partial charge in [-0.3, -0.25) is 4.79 Å². The van der Waals surface area contributed by atoms with E-state index >= 15 is 0 Å². The number of halogens is 1. The maximum atomic E-state index is 12.4. The van der Waals surface area contributed by atoms with Crippen molar-refractivity contribution in [3.05, 3.63) is 33.8 Å². The molecular formula is C15H20BrNOS. The fourth-order valence-electron chi connectivity index (χ4n) is 2.63. The van der Waals surface area contributed by atoms with Crippen LogP contribution in [0.15, 0.2) is 22.7 Å². The summed E-state index contributed by atoms with van der Waals surface area (Å²) in [6, 6.07) is 6.17. The van der Waals surface area contributed by atoms with Crippen LogP contribution in [0.2, 0.25) is 0 Å². The van der Waals surface area contributed by atoms with E-state index in [0.29, 0.717) is 11.3 Å². The van der Waals surface area contributed by atoms with Gasteiger partial charge in [-0.1, -0.05) is 34.8 Å². The summed E-state index contributed by atoms with van der Waals surface area (Å²) in [5.74, 6) is 0.0600. The van der Waals surface area contributed by atoms with Crippen LogP contribution >= 0.6 is 27.7 Å². The standard InChI is InChI=1S/C15H20BrNOS/c1-10-7-8-11(16)9-12(10)15(18)17-13-5-3-4-6-14(13)19-2/h7-9,13-14H,3-6H2,1-2H3,(H,17,18). The molecule has 19 heavy (non-hydrogen) atoms. The molecule has 1 aliphatic carbocycles. The highest BCUT2D eigenvalue weighted by atomic mass is 79.9. The van der Waals surface area contributed by atoms with Gasteiger partial charge in [-0.25, -0.2) is 0 Å². The lowest BCUT2D eigenvalue weighted by molar-refractivity contribution is 0.0928. The molecule has 0 spiro atoms. The minimum Gasteiger partial charge on any atom is -0.348 e. The van der Waals surface area contributed by atoms with Crippen molar-refractivity contribution >= 4 is 33.6 Å². The van der Waals surface area contributed by atoms with E-state index in [4.69, 9.17) is 0 Å². The van der Waals surface area contributed by atoms with Crippen LogP contribution in [0.3, 0.4) is 0 Å². The topological polar surface area (TPSA) is 29.1 Å². The monoisotopic (exact) mass is 341 g/mol. The van der Waals surface area contributed by atoms with Crippen LogP contribution in [0.5, 0.6) is 0 Å². The molecule has 1 saturated carbocycles. The zero-order valence-electron chi connectivity index (χ0n) is 11.4. The van der Waals surface area contributed by atoms with Gasteiger partial charge in [0.2, 0.25) is 0 Å². The summed E-state index contributed by atoms with van der Waals surface area (Å²) in [5, 5.41) is 3.78. The van der Waals surface area contributed by atoms with Crippen molar-refractivity contribution in [1.82, 2.24) is 5.32 Å². The molecule has 0 aromatic heterocycles. The van der Waals surface area contributed by atoms with Gasteiger partial charge in [-0.15, -0.1) is 0 Å². The lowest BCUT2D eigenvalue weighted by Crippen LogP contribution is -2.43. The molecule has 0 radical (unpaired) electrons. The fraction of sp³-hybridized carbons (Fsp3) is 0.533. The van der Waals surface area contributed by atoms with E-state index < -0.39 is 0 Å². The Kier molecular flexibility index (Phi) is 5.34. The molecule has 4 heteroatoms. The molecule has 0 aliphatic heterocycles. The largest absolute Gasteiger partial charge is 0.348 e. The summed E-state index contributed by atoms with van der Waals surface area (Å²) >= 11 is 5.31. The van der Waals surface area contributed by atoms with Crippen molar-refractivity contribution < 1.29 is 4.79 Å². The van der Waals surface area contributed by atoms with Gasteiger partial charge >= 0.3 is 0 Å². The lowest BCUT2D eigenvalue weighted by atomic mass is 9.94. The van der Waals surface area contributed by atoms with Crippen molar-refractivity contribution in [1.29, 1.82) is 0 Å². The first-order valence-corrected chi connectivity index (χ1v) is 8.79. The summed E-state index contributed by atoms with van der Waals surface area (Å²) in [5.41, 5.74) is 1.80. The molecule has 0 heterocycles. The summed E-state index contributed by atoms with van der Waals surface area (Å²) in [7, 11) is 0. The van der Waals surface area contributed by atoms with Crippen molar-refractivity contribution in [2.24, 2.45) is 0 Å². The highest BCUT2D eigenvalue weighted by molar-refractivity contribution is 9.10. The summed E-state index contributed by atoms with van der Waals surface area (Å²) in [4.78, 5) is 12.4. The average Bonchev–Trinajstić information content (AvgIpc) is 2.42. The Bertz CT molecular complexity index is 463. The SMILES string of the molecule is CSC1CCCCC1NC(=O)c1cc(Br)ccc1C.